The van der Waals surface area contributed by atoms with Gasteiger partial charge in [-0.1, -0.05) is 19.9 Å². The van der Waals surface area contributed by atoms with Gasteiger partial charge in [-0.2, -0.15) is 0 Å². The second-order valence-corrected chi connectivity index (χ2v) is 4.86. The van der Waals surface area contributed by atoms with Crippen molar-refractivity contribution in [2.24, 2.45) is 0 Å². The average molecular weight is 265 g/mol. The highest BCUT2D eigenvalue weighted by atomic mass is 16.5. The van der Waals surface area contributed by atoms with Crippen LogP contribution >= 0.6 is 0 Å². The van der Waals surface area contributed by atoms with Gasteiger partial charge in [0.25, 0.3) is 0 Å². The molecule has 108 valence electrons. The van der Waals surface area contributed by atoms with Crippen LogP contribution in [-0.4, -0.2) is 25.8 Å². The maximum atomic E-state index is 5.63. The van der Waals surface area contributed by atoms with Gasteiger partial charge in [0.15, 0.2) is 11.5 Å². The van der Waals surface area contributed by atoms with Crippen molar-refractivity contribution in [2.45, 2.75) is 46.6 Å². The Bertz CT molecular complexity index is 364. The molecule has 0 saturated heterocycles. The molecule has 3 nitrogen and oxygen atoms in total. The van der Waals surface area contributed by atoms with Gasteiger partial charge in [0.2, 0.25) is 0 Å². The summed E-state index contributed by atoms with van der Waals surface area (Å²) in [6.07, 6.45) is 2.20. The molecule has 1 N–H and O–H groups in total. The summed E-state index contributed by atoms with van der Waals surface area (Å²) in [6, 6.07) is 6.80. The van der Waals surface area contributed by atoms with Crippen LogP contribution in [0.1, 0.15) is 39.7 Å². The SMILES string of the molecule is CCOc1ccc(CCCNC(C)C)cc1OCC. The first-order valence-corrected chi connectivity index (χ1v) is 7.29. The van der Waals surface area contributed by atoms with Crippen molar-refractivity contribution in [3.05, 3.63) is 23.8 Å². The third-order valence-corrected chi connectivity index (χ3v) is 2.80. The normalized spacial score (nSPS) is 10.8. The molecule has 0 atom stereocenters. The van der Waals surface area contributed by atoms with Gasteiger partial charge in [-0.05, 0) is 50.9 Å². The first-order valence-electron chi connectivity index (χ1n) is 7.29. The van der Waals surface area contributed by atoms with E-state index in [0.717, 1.165) is 30.9 Å². The van der Waals surface area contributed by atoms with Crippen molar-refractivity contribution in [3.8, 4) is 11.5 Å². The molecule has 0 unspecified atom stereocenters. The molecule has 0 heterocycles. The zero-order valence-corrected chi connectivity index (χ0v) is 12.7. The summed E-state index contributed by atoms with van der Waals surface area (Å²) < 4.78 is 11.2. The summed E-state index contributed by atoms with van der Waals surface area (Å²) in [6.45, 7) is 10.7. The lowest BCUT2D eigenvalue weighted by Crippen LogP contribution is -2.23. The summed E-state index contributed by atoms with van der Waals surface area (Å²) in [4.78, 5) is 0. The monoisotopic (exact) mass is 265 g/mol. The zero-order chi connectivity index (χ0) is 14.1. The fourth-order valence-corrected chi connectivity index (χ4v) is 1.93. The molecule has 0 aliphatic rings. The van der Waals surface area contributed by atoms with Crippen LogP contribution in [-0.2, 0) is 6.42 Å². The molecule has 0 radical (unpaired) electrons. The van der Waals surface area contributed by atoms with E-state index in [-0.39, 0.29) is 0 Å². The second kappa shape index (κ2) is 8.81. The number of nitrogens with one attached hydrogen (secondary N) is 1. The zero-order valence-electron chi connectivity index (χ0n) is 12.7. The lowest BCUT2D eigenvalue weighted by Gasteiger charge is -2.13. The highest BCUT2D eigenvalue weighted by molar-refractivity contribution is 5.43. The Morgan fingerprint density at radius 2 is 1.74 bits per heavy atom. The quantitative estimate of drug-likeness (QED) is 0.694. The molecular weight excluding hydrogens is 238 g/mol. The molecule has 0 aromatic heterocycles. The first kappa shape index (κ1) is 15.8. The molecule has 19 heavy (non-hydrogen) atoms. The van der Waals surface area contributed by atoms with E-state index in [9.17, 15) is 0 Å². The summed E-state index contributed by atoms with van der Waals surface area (Å²) in [5.41, 5.74) is 1.30. The highest BCUT2D eigenvalue weighted by Gasteiger charge is 2.06. The fourth-order valence-electron chi connectivity index (χ4n) is 1.93. The minimum atomic E-state index is 0.555. The third kappa shape index (κ3) is 5.97. The largest absolute Gasteiger partial charge is 0.490 e. The van der Waals surface area contributed by atoms with Gasteiger partial charge < -0.3 is 14.8 Å². The molecule has 1 aromatic carbocycles. The molecule has 1 aromatic rings. The van der Waals surface area contributed by atoms with Gasteiger partial charge in [-0.25, -0.2) is 0 Å². The van der Waals surface area contributed by atoms with Crippen LogP contribution in [0.4, 0.5) is 0 Å². The van der Waals surface area contributed by atoms with Crippen LogP contribution in [0.5, 0.6) is 11.5 Å². The minimum absolute atomic E-state index is 0.555. The van der Waals surface area contributed by atoms with E-state index < -0.39 is 0 Å². The van der Waals surface area contributed by atoms with Crippen LogP contribution in [0.3, 0.4) is 0 Å². The van der Waals surface area contributed by atoms with Crippen molar-refractivity contribution in [3.63, 3.8) is 0 Å². The van der Waals surface area contributed by atoms with Crippen LogP contribution in [0, 0.1) is 0 Å². The number of hydrogen-bond donors (Lipinski definition) is 1. The summed E-state index contributed by atoms with van der Waals surface area (Å²) in [5.74, 6) is 1.70. The number of ether oxygens (including phenoxy) is 2. The van der Waals surface area contributed by atoms with E-state index in [1.807, 2.05) is 19.9 Å². The molecule has 3 heteroatoms. The van der Waals surface area contributed by atoms with Crippen LogP contribution in [0.15, 0.2) is 18.2 Å². The second-order valence-electron chi connectivity index (χ2n) is 4.86. The lowest BCUT2D eigenvalue weighted by molar-refractivity contribution is 0.287. The van der Waals surface area contributed by atoms with Gasteiger partial charge >= 0.3 is 0 Å². The van der Waals surface area contributed by atoms with Crippen molar-refractivity contribution < 1.29 is 9.47 Å². The van der Waals surface area contributed by atoms with E-state index in [0.29, 0.717) is 19.3 Å². The molecule has 0 spiro atoms. The predicted molar refractivity (Wildman–Crippen MR) is 80.2 cm³/mol. The molecule has 0 aliphatic heterocycles. The summed E-state index contributed by atoms with van der Waals surface area (Å²) >= 11 is 0. The summed E-state index contributed by atoms with van der Waals surface area (Å²) in [5, 5.41) is 3.43. The summed E-state index contributed by atoms with van der Waals surface area (Å²) in [7, 11) is 0. The Morgan fingerprint density at radius 3 is 2.37 bits per heavy atom. The molecule has 0 saturated carbocycles. The Hall–Kier alpha value is -1.22. The number of aryl methyl sites for hydroxylation is 1. The molecule has 0 aliphatic carbocycles. The molecule has 1 rings (SSSR count). The topological polar surface area (TPSA) is 30.5 Å². The average Bonchev–Trinajstić information content (AvgIpc) is 2.38. The minimum Gasteiger partial charge on any atom is -0.490 e. The predicted octanol–water partition coefficient (Wildman–Crippen LogP) is 3.41. The Balaban J connectivity index is 2.56. The van der Waals surface area contributed by atoms with E-state index in [1.54, 1.807) is 0 Å². The number of hydrogen-bond acceptors (Lipinski definition) is 3. The van der Waals surface area contributed by atoms with Crippen molar-refractivity contribution in [1.82, 2.24) is 5.32 Å². The van der Waals surface area contributed by atoms with Crippen LogP contribution in [0.25, 0.3) is 0 Å². The lowest BCUT2D eigenvalue weighted by atomic mass is 10.1. The van der Waals surface area contributed by atoms with E-state index in [2.05, 4.69) is 31.3 Å². The molecule has 0 bridgehead atoms. The van der Waals surface area contributed by atoms with Gasteiger partial charge in [0.05, 0.1) is 13.2 Å². The number of benzene rings is 1. The standard InChI is InChI=1S/C16H27NO2/c1-5-18-15-10-9-14(12-16(15)19-6-2)8-7-11-17-13(3)4/h9-10,12-13,17H,5-8,11H2,1-4H3. The maximum absolute atomic E-state index is 5.63. The van der Waals surface area contributed by atoms with Gasteiger partial charge in [-0.3, -0.25) is 0 Å². The maximum Gasteiger partial charge on any atom is 0.161 e. The smallest absolute Gasteiger partial charge is 0.161 e. The third-order valence-electron chi connectivity index (χ3n) is 2.80. The Morgan fingerprint density at radius 1 is 1.05 bits per heavy atom. The van der Waals surface area contributed by atoms with Gasteiger partial charge in [0.1, 0.15) is 0 Å². The van der Waals surface area contributed by atoms with Gasteiger partial charge in [-0.15, -0.1) is 0 Å². The number of rotatable bonds is 9. The molecule has 0 amide bonds. The van der Waals surface area contributed by atoms with Crippen molar-refractivity contribution in [1.29, 1.82) is 0 Å². The van der Waals surface area contributed by atoms with Crippen LogP contribution < -0.4 is 14.8 Å². The first-order chi connectivity index (χ1) is 9.17. The highest BCUT2D eigenvalue weighted by Crippen LogP contribution is 2.28. The fraction of sp³-hybridized carbons (Fsp3) is 0.625. The van der Waals surface area contributed by atoms with E-state index >= 15 is 0 Å². The van der Waals surface area contributed by atoms with Gasteiger partial charge in [0, 0.05) is 6.04 Å². The van der Waals surface area contributed by atoms with E-state index in [1.165, 1.54) is 5.56 Å². The Labute approximate surface area is 117 Å². The van der Waals surface area contributed by atoms with Crippen molar-refractivity contribution in [2.75, 3.05) is 19.8 Å². The molecule has 0 fully saturated rings. The molecular formula is C16H27NO2. The Kier molecular flexibility index (Phi) is 7.34. The van der Waals surface area contributed by atoms with Crippen molar-refractivity contribution >= 4 is 0 Å². The van der Waals surface area contributed by atoms with Crippen LogP contribution in [0.2, 0.25) is 0 Å². The van der Waals surface area contributed by atoms with E-state index in [4.69, 9.17) is 9.47 Å².